The average Bonchev–Trinajstić information content (AvgIpc) is 2.58. The molecular formula is C18H25N3O3S. The quantitative estimate of drug-likeness (QED) is 0.765. The smallest absolute Gasteiger partial charge is 0.244 e. The molecule has 1 aromatic heterocycles. The molecule has 0 bridgehead atoms. The molecule has 0 atom stereocenters. The van der Waals surface area contributed by atoms with Crippen LogP contribution in [-0.2, 0) is 21.9 Å². The second-order valence-corrected chi connectivity index (χ2v) is 8.60. The maximum Gasteiger partial charge on any atom is 0.244 e. The lowest BCUT2D eigenvalue weighted by molar-refractivity contribution is 0.401. The minimum atomic E-state index is -3.65. The Morgan fingerprint density at radius 1 is 1.16 bits per heavy atom. The summed E-state index contributed by atoms with van der Waals surface area (Å²) >= 11 is 0. The summed E-state index contributed by atoms with van der Waals surface area (Å²) in [6, 6.07) is 5.29. The summed E-state index contributed by atoms with van der Waals surface area (Å²) in [7, 11) is -2.17. The maximum atomic E-state index is 12.7. The van der Waals surface area contributed by atoms with E-state index in [1.165, 1.54) is 13.4 Å². The molecule has 0 saturated heterocycles. The minimum Gasteiger partial charge on any atom is -0.495 e. The van der Waals surface area contributed by atoms with Gasteiger partial charge in [-0.25, -0.2) is 23.1 Å². The highest BCUT2D eigenvalue weighted by Crippen LogP contribution is 2.30. The number of aryl methyl sites for hydroxylation is 1. The Hall–Kier alpha value is -1.99. The summed E-state index contributed by atoms with van der Waals surface area (Å²) in [4.78, 5) is 8.07. The van der Waals surface area contributed by atoms with Crippen LogP contribution >= 0.6 is 0 Å². The van der Waals surface area contributed by atoms with Gasteiger partial charge in [0.25, 0.3) is 0 Å². The van der Waals surface area contributed by atoms with Crippen LogP contribution in [0.3, 0.4) is 0 Å². The number of sulfonamides is 1. The molecule has 136 valence electrons. The van der Waals surface area contributed by atoms with Crippen LogP contribution in [0, 0.1) is 0 Å². The summed E-state index contributed by atoms with van der Waals surface area (Å²) in [5.74, 6) is 0.344. The van der Waals surface area contributed by atoms with Crippen molar-refractivity contribution in [3.8, 4) is 5.75 Å². The number of ether oxygens (including phenoxy) is 1. The topological polar surface area (TPSA) is 81.2 Å². The molecule has 6 nitrogen and oxygen atoms in total. The van der Waals surface area contributed by atoms with E-state index in [9.17, 15) is 8.42 Å². The van der Waals surface area contributed by atoms with Crippen molar-refractivity contribution in [3.05, 3.63) is 48.0 Å². The van der Waals surface area contributed by atoms with Crippen molar-refractivity contribution in [2.24, 2.45) is 0 Å². The summed E-state index contributed by atoms with van der Waals surface area (Å²) in [5, 5.41) is 0. The molecule has 0 fully saturated rings. The number of hydrogen-bond acceptors (Lipinski definition) is 5. The van der Waals surface area contributed by atoms with E-state index in [0.29, 0.717) is 25.1 Å². The molecule has 2 rings (SSSR count). The Balaban J connectivity index is 2.10. The van der Waals surface area contributed by atoms with Crippen molar-refractivity contribution in [3.63, 3.8) is 0 Å². The summed E-state index contributed by atoms with van der Waals surface area (Å²) in [6.45, 7) is 6.46. The lowest BCUT2D eigenvalue weighted by Crippen LogP contribution is -2.26. The van der Waals surface area contributed by atoms with E-state index in [1.807, 2.05) is 26.8 Å². The summed E-state index contributed by atoms with van der Waals surface area (Å²) in [6.07, 6.45) is 6.31. The van der Waals surface area contributed by atoms with Crippen LogP contribution in [0.25, 0.3) is 0 Å². The van der Waals surface area contributed by atoms with E-state index in [1.54, 1.807) is 24.5 Å². The SMILES string of the molecule is COc1ccc(C(C)(C)C)cc1S(=O)(=O)NCCCc1cncnc1. The van der Waals surface area contributed by atoms with Gasteiger partial charge in [0, 0.05) is 18.9 Å². The second kappa shape index (κ2) is 7.93. The largest absolute Gasteiger partial charge is 0.495 e. The molecule has 1 aromatic carbocycles. The van der Waals surface area contributed by atoms with E-state index in [-0.39, 0.29) is 10.3 Å². The van der Waals surface area contributed by atoms with E-state index in [0.717, 1.165) is 11.1 Å². The van der Waals surface area contributed by atoms with Gasteiger partial charge in [-0.15, -0.1) is 0 Å². The van der Waals surface area contributed by atoms with Crippen molar-refractivity contribution in [1.29, 1.82) is 0 Å². The fourth-order valence-corrected chi connectivity index (χ4v) is 3.66. The van der Waals surface area contributed by atoms with Crippen LogP contribution in [0.4, 0.5) is 0 Å². The Bertz CT molecular complexity index is 800. The van der Waals surface area contributed by atoms with Gasteiger partial charge in [-0.05, 0) is 41.5 Å². The third-order valence-corrected chi connectivity index (χ3v) is 5.35. The van der Waals surface area contributed by atoms with Crippen molar-refractivity contribution in [1.82, 2.24) is 14.7 Å². The van der Waals surface area contributed by atoms with Gasteiger partial charge in [-0.1, -0.05) is 26.8 Å². The number of rotatable bonds is 7. The van der Waals surface area contributed by atoms with Crippen LogP contribution in [0.5, 0.6) is 5.75 Å². The highest BCUT2D eigenvalue weighted by atomic mass is 32.2. The predicted octanol–water partition coefficient (Wildman–Crippen LogP) is 2.69. The second-order valence-electron chi connectivity index (χ2n) is 6.86. The van der Waals surface area contributed by atoms with E-state index >= 15 is 0 Å². The average molecular weight is 363 g/mol. The predicted molar refractivity (Wildman–Crippen MR) is 97.2 cm³/mol. The monoisotopic (exact) mass is 363 g/mol. The first-order valence-corrected chi connectivity index (χ1v) is 9.64. The van der Waals surface area contributed by atoms with Crippen molar-refractivity contribution in [2.45, 2.75) is 43.9 Å². The normalized spacial score (nSPS) is 12.2. The molecular weight excluding hydrogens is 338 g/mol. The van der Waals surface area contributed by atoms with Gasteiger partial charge in [-0.2, -0.15) is 0 Å². The lowest BCUT2D eigenvalue weighted by atomic mass is 9.87. The highest BCUT2D eigenvalue weighted by molar-refractivity contribution is 7.89. The standard InChI is InChI=1S/C18H25N3O3S/c1-18(2,3)15-7-8-16(24-4)17(10-15)25(22,23)21-9-5-6-14-11-19-13-20-12-14/h7-8,10-13,21H,5-6,9H2,1-4H3. The number of hydrogen-bond donors (Lipinski definition) is 1. The molecule has 0 unspecified atom stereocenters. The van der Waals surface area contributed by atoms with Gasteiger partial charge in [0.05, 0.1) is 7.11 Å². The van der Waals surface area contributed by atoms with Crippen LogP contribution in [0.2, 0.25) is 0 Å². The molecule has 2 aromatic rings. The van der Waals surface area contributed by atoms with Gasteiger partial charge in [0.1, 0.15) is 17.0 Å². The van der Waals surface area contributed by atoms with Gasteiger partial charge < -0.3 is 4.74 Å². The van der Waals surface area contributed by atoms with Crippen LogP contribution in [0.1, 0.15) is 38.3 Å². The van der Waals surface area contributed by atoms with E-state index < -0.39 is 10.0 Å². The molecule has 0 spiro atoms. The fourth-order valence-electron chi connectivity index (χ4n) is 2.39. The van der Waals surface area contributed by atoms with Gasteiger partial charge in [-0.3, -0.25) is 0 Å². The number of nitrogens with one attached hydrogen (secondary N) is 1. The summed E-state index contributed by atoms with van der Waals surface area (Å²) in [5.41, 5.74) is 1.77. The molecule has 0 aliphatic rings. The number of aromatic nitrogens is 2. The Morgan fingerprint density at radius 2 is 1.84 bits per heavy atom. The van der Waals surface area contributed by atoms with Gasteiger partial charge >= 0.3 is 0 Å². The van der Waals surface area contributed by atoms with E-state index in [2.05, 4.69) is 14.7 Å². The van der Waals surface area contributed by atoms with Crippen LogP contribution < -0.4 is 9.46 Å². The van der Waals surface area contributed by atoms with Crippen LogP contribution in [0.15, 0.2) is 41.8 Å². The molecule has 25 heavy (non-hydrogen) atoms. The van der Waals surface area contributed by atoms with Crippen LogP contribution in [-0.4, -0.2) is 32.0 Å². The van der Waals surface area contributed by atoms with Crippen molar-refractivity contribution >= 4 is 10.0 Å². The molecule has 0 amide bonds. The van der Waals surface area contributed by atoms with Crippen molar-refractivity contribution in [2.75, 3.05) is 13.7 Å². The third kappa shape index (κ3) is 5.24. The first-order valence-electron chi connectivity index (χ1n) is 8.16. The molecule has 0 radical (unpaired) electrons. The molecule has 0 saturated carbocycles. The summed E-state index contributed by atoms with van der Waals surface area (Å²) < 4.78 is 33.3. The molecule has 7 heteroatoms. The number of benzene rings is 1. The first-order chi connectivity index (χ1) is 11.7. The molecule has 0 aliphatic heterocycles. The Morgan fingerprint density at radius 3 is 2.44 bits per heavy atom. The number of methoxy groups -OCH3 is 1. The fraction of sp³-hybridized carbons (Fsp3) is 0.444. The molecule has 0 aliphatic carbocycles. The van der Waals surface area contributed by atoms with Gasteiger partial charge in [0.15, 0.2) is 0 Å². The Kier molecular flexibility index (Phi) is 6.13. The third-order valence-electron chi connectivity index (χ3n) is 3.87. The highest BCUT2D eigenvalue weighted by Gasteiger charge is 2.23. The lowest BCUT2D eigenvalue weighted by Gasteiger charge is -2.21. The van der Waals surface area contributed by atoms with Gasteiger partial charge in [0.2, 0.25) is 10.0 Å². The number of nitrogens with zero attached hydrogens (tertiary/aromatic N) is 2. The Labute approximate surface area is 149 Å². The van der Waals surface area contributed by atoms with E-state index in [4.69, 9.17) is 4.74 Å². The minimum absolute atomic E-state index is 0.149. The zero-order valence-electron chi connectivity index (χ0n) is 15.1. The molecule has 1 N–H and O–H groups in total. The molecule has 1 heterocycles. The maximum absolute atomic E-state index is 12.7. The van der Waals surface area contributed by atoms with Crippen molar-refractivity contribution < 1.29 is 13.2 Å². The zero-order valence-corrected chi connectivity index (χ0v) is 15.9. The first kappa shape index (κ1) is 19.3. The zero-order chi connectivity index (χ0) is 18.5.